The lowest BCUT2D eigenvalue weighted by atomic mass is 9.33. The van der Waals surface area contributed by atoms with Gasteiger partial charge >= 0.3 is 5.97 Å². The van der Waals surface area contributed by atoms with Crippen LogP contribution in [0.1, 0.15) is 113 Å². The first-order chi connectivity index (χ1) is 34.2. The molecule has 0 bridgehead atoms. The first-order valence-electron chi connectivity index (χ1n) is 26.7. The second-order valence-electron chi connectivity index (χ2n) is 25.2. The minimum atomic E-state index is -1.89. The molecule has 8 fully saturated rings. The van der Waals surface area contributed by atoms with Crippen LogP contribution < -0.4 is 0 Å². The topological polar surface area (TPSA) is 334 Å². The van der Waals surface area contributed by atoms with Gasteiger partial charge in [0.1, 0.15) is 79.4 Å². The summed E-state index contributed by atoms with van der Waals surface area (Å²) in [7, 11) is 0. The van der Waals surface area contributed by atoms with Gasteiger partial charge in [0.25, 0.3) is 0 Å². The zero-order chi connectivity index (χ0) is 53.1. The van der Waals surface area contributed by atoms with Gasteiger partial charge in [0.15, 0.2) is 25.2 Å². The molecule has 0 radical (unpaired) electrons. The third-order valence-electron chi connectivity index (χ3n) is 20.8. The average molecular weight is 1050 g/mol. The fourth-order valence-electron chi connectivity index (χ4n) is 16.0. The van der Waals surface area contributed by atoms with E-state index in [-0.39, 0.29) is 52.6 Å². The van der Waals surface area contributed by atoms with Gasteiger partial charge in [0.2, 0.25) is 0 Å². The highest BCUT2D eigenvalue weighted by molar-refractivity contribution is 5.76. The monoisotopic (exact) mass is 1040 g/mol. The molecule has 9 aliphatic rings. The highest BCUT2D eigenvalue weighted by atomic mass is 16.8. The Labute approximate surface area is 426 Å². The maximum atomic E-state index is 13.2. The molecule has 9 rings (SSSR count). The number of hydrogen-bond acceptors (Lipinski definition) is 20. The van der Waals surface area contributed by atoms with Crippen LogP contribution in [0.25, 0.3) is 0 Å². The molecular formula is C52H84O21. The summed E-state index contributed by atoms with van der Waals surface area (Å²) in [6, 6.07) is 0. The Balaban J connectivity index is 0.887. The lowest BCUT2D eigenvalue weighted by Crippen LogP contribution is -2.67. The summed E-state index contributed by atoms with van der Waals surface area (Å²) >= 11 is 0. The minimum Gasteiger partial charge on any atom is -0.481 e. The van der Waals surface area contributed by atoms with Gasteiger partial charge in [-0.1, -0.05) is 53.2 Å². The molecule has 418 valence electrons. The van der Waals surface area contributed by atoms with E-state index in [1.807, 2.05) is 6.92 Å². The number of hydrogen-bond donors (Lipinski definition) is 12. The van der Waals surface area contributed by atoms with Crippen LogP contribution in [-0.2, 0) is 42.7 Å². The van der Waals surface area contributed by atoms with E-state index >= 15 is 0 Å². The highest BCUT2D eigenvalue weighted by Gasteiger charge is 2.70. The van der Waals surface area contributed by atoms with Crippen LogP contribution in [0.15, 0.2) is 11.6 Å². The van der Waals surface area contributed by atoms with E-state index in [2.05, 4.69) is 40.7 Å². The molecule has 4 saturated carbocycles. The van der Waals surface area contributed by atoms with Crippen LogP contribution in [0.4, 0.5) is 0 Å². The standard InChI is InChI=1S/C52H84O21/c1-23-32(56)40(72-42-37(61)35(59)28(21-67-42)70-43-38(62)36(60)34(58)27(19-53)69-43)39(63)44(68-23)73-41-33(57)26(55)20-66-45(41)71-31-11-12-48(4)29(49(31,5)22-54)10-13-51(7)30(48)9-8-24-25-18-47(2,3)14-16-52(25,46(64)65)17-15-50(24,51)6/h8,23,25-45,53-63H,9-22H2,1-7H3,(H,64,65)/t23-,25?,26-,27+,28+,29?,30?,31-,32-,33-,34+,35-,36-,37+,38+,39+,40+,41+,42-,43-,44-,45-,48-,49+,50?,51+,52-/m0/s1. The van der Waals surface area contributed by atoms with Gasteiger partial charge in [-0.3, -0.25) is 4.79 Å². The van der Waals surface area contributed by atoms with Crippen molar-refractivity contribution in [3.05, 3.63) is 11.6 Å². The van der Waals surface area contributed by atoms with Crippen molar-refractivity contribution in [1.29, 1.82) is 0 Å². The molecule has 0 aromatic heterocycles. The van der Waals surface area contributed by atoms with Crippen molar-refractivity contribution in [3.63, 3.8) is 0 Å². The molecule has 4 heterocycles. The van der Waals surface area contributed by atoms with Gasteiger partial charge in [-0.15, -0.1) is 0 Å². The second-order valence-corrected chi connectivity index (χ2v) is 25.2. The Hall–Kier alpha value is -1.55. The molecule has 4 saturated heterocycles. The number of ether oxygens (including phenoxy) is 8. The van der Waals surface area contributed by atoms with E-state index in [4.69, 9.17) is 37.9 Å². The Bertz CT molecular complexity index is 2010. The number of carboxylic acid groups (broad SMARTS) is 1. The number of aliphatic carboxylic acids is 1. The molecule has 73 heavy (non-hydrogen) atoms. The number of carboxylic acids is 1. The van der Waals surface area contributed by atoms with Gasteiger partial charge in [-0.25, -0.2) is 0 Å². The van der Waals surface area contributed by atoms with E-state index in [0.29, 0.717) is 19.3 Å². The number of carbonyl (C=O) groups is 1. The number of allylic oxidation sites excluding steroid dienone is 2. The van der Waals surface area contributed by atoms with Crippen molar-refractivity contribution < 1.29 is 104 Å². The zero-order valence-corrected chi connectivity index (χ0v) is 43.2. The summed E-state index contributed by atoms with van der Waals surface area (Å²) in [6.07, 6.45) is -19.1. The molecule has 27 atom stereocenters. The van der Waals surface area contributed by atoms with E-state index in [1.165, 1.54) is 12.5 Å². The molecule has 12 N–H and O–H groups in total. The lowest BCUT2D eigenvalue weighted by molar-refractivity contribution is -0.383. The number of fused-ring (bicyclic) bond motifs is 7. The Morgan fingerprint density at radius 1 is 0.644 bits per heavy atom. The predicted molar refractivity (Wildman–Crippen MR) is 251 cm³/mol. The molecule has 0 spiro atoms. The van der Waals surface area contributed by atoms with Gasteiger partial charge in [0, 0.05) is 5.41 Å². The van der Waals surface area contributed by atoms with Crippen molar-refractivity contribution in [2.75, 3.05) is 26.4 Å². The van der Waals surface area contributed by atoms with E-state index in [1.54, 1.807) is 0 Å². The molecule has 5 aliphatic carbocycles. The Morgan fingerprint density at radius 2 is 1.30 bits per heavy atom. The first kappa shape index (κ1) is 56.2. The Kier molecular flexibility index (Phi) is 15.6. The zero-order valence-electron chi connectivity index (χ0n) is 43.2. The average Bonchev–Trinajstić information content (AvgIpc) is 3.34. The van der Waals surface area contributed by atoms with Crippen LogP contribution in [0, 0.1) is 50.2 Å². The van der Waals surface area contributed by atoms with Crippen LogP contribution in [-0.4, -0.2) is 210 Å². The SMILES string of the molecule is C[C@@H]1O[C@@H](O[C@H]2[C@H](O[C@H]3CC[C@@]4(C)C(CC[C@]5(C)C4CC=C4C6CC(C)(C)CC[C@]6(C(=O)O)CCC45C)[C@@]3(C)CO)OC[C@H](O)[C@@H]2O)[C@H](O)[C@H](O[C@@H]2OC[C@@H](O[C@@H]3O[C@H](CO)[C@@H](O)[C@H](O)[C@H]3O)[C@H](O)[C@H]2O)[C@H]1O. The molecule has 0 aromatic rings. The molecule has 4 unspecified atom stereocenters. The smallest absolute Gasteiger partial charge is 0.310 e. The van der Waals surface area contributed by atoms with Gasteiger partial charge < -0.3 is 99.2 Å². The second kappa shape index (κ2) is 20.3. The van der Waals surface area contributed by atoms with Gasteiger partial charge in [-0.2, -0.15) is 0 Å². The van der Waals surface area contributed by atoms with E-state index in [9.17, 15) is 66.1 Å². The van der Waals surface area contributed by atoms with Crippen molar-refractivity contribution in [2.45, 2.75) is 229 Å². The normalized spacial score (nSPS) is 55.0. The largest absolute Gasteiger partial charge is 0.481 e. The number of aliphatic hydroxyl groups excluding tert-OH is 11. The predicted octanol–water partition coefficient (Wildman–Crippen LogP) is -0.191. The molecular weight excluding hydrogens is 961 g/mol. The van der Waals surface area contributed by atoms with Crippen LogP contribution in [0.3, 0.4) is 0 Å². The quantitative estimate of drug-likeness (QED) is 0.0942. The van der Waals surface area contributed by atoms with E-state index in [0.717, 1.165) is 44.9 Å². The summed E-state index contributed by atoms with van der Waals surface area (Å²) in [5.74, 6) is -0.465. The molecule has 0 aromatic carbocycles. The fraction of sp³-hybridized carbons (Fsp3) is 0.942. The molecule has 21 heteroatoms. The maximum Gasteiger partial charge on any atom is 0.310 e. The summed E-state index contributed by atoms with van der Waals surface area (Å²) in [5.41, 5.74) is -0.749. The number of aliphatic hydroxyl groups is 11. The minimum absolute atomic E-state index is 0.0108. The highest BCUT2D eigenvalue weighted by Crippen LogP contribution is 2.76. The van der Waals surface area contributed by atoms with Crippen LogP contribution in [0.2, 0.25) is 0 Å². The summed E-state index contributed by atoms with van der Waals surface area (Å²) < 4.78 is 47.6. The van der Waals surface area contributed by atoms with Crippen molar-refractivity contribution in [2.24, 2.45) is 50.2 Å². The third-order valence-corrected chi connectivity index (χ3v) is 20.8. The van der Waals surface area contributed by atoms with Gasteiger partial charge in [0.05, 0.1) is 44.1 Å². The van der Waals surface area contributed by atoms with Crippen molar-refractivity contribution in [1.82, 2.24) is 0 Å². The lowest BCUT2D eigenvalue weighted by Gasteiger charge is -2.71. The fourth-order valence-corrected chi connectivity index (χ4v) is 16.0. The maximum absolute atomic E-state index is 13.2. The Morgan fingerprint density at radius 3 is 1.99 bits per heavy atom. The molecule has 4 aliphatic heterocycles. The third kappa shape index (κ3) is 9.10. The van der Waals surface area contributed by atoms with Crippen LogP contribution >= 0.6 is 0 Å². The van der Waals surface area contributed by atoms with E-state index < -0.39 is 147 Å². The summed E-state index contributed by atoms with van der Waals surface area (Å²) in [6.45, 7) is 13.5. The molecule has 0 amide bonds. The van der Waals surface area contributed by atoms with Crippen LogP contribution in [0.5, 0.6) is 0 Å². The summed E-state index contributed by atoms with van der Waals surface area (Å²) in [5, 5.41) is 130. The van der Waals surface area contributed by atoms with Gasteiger partial charge in [-0.05, 0) is 111 Å². The first-order valence-corrected chi connectivity index (χ1v) is 26.7. The van der Waals surface area contributed by atoms with Crippen molar-refractivity contribution in [3.8, 4) is 0 Å². The number of rotatable bonds is 11. The van der Waals surface area contributed by atoms with Crippen molar-refractivity contribution >= 4 is 5.97 Å². The molecule has 21 nitrogen and oxygen atoms in total. The summed E-state index contributed by atoms with van der Waals surface area (Å²) in [4.78, 5) is 13.2.